The van der Waals surface area contributed by atoms with Gasteiger partial charge in [0.15, 0.2) is 0 Å². The number of rotatable bonds is 10. The smallest absolute Gasteiger partial charge is 0.225 e. The first kappa shape index (κ1) is 19.6. The Balaban J connectivity index is 0.00000324. The van der Waals surface area contributed by atoms with Crippen LogP contribution in [0.25, 0.3) is 0 Å². The molecule has 1 unspecified atom stereocenters. The van der Waals surface area contributed by atoms with Crippen molar-refractivity contribution in [2.24, 2.45) is 0 Å². The summed E-state index contributed by atoms with van der Waals surface area (Å²) in [6, 6.07) is 7.92. The van der Waals surface area contributed by atoms with Gasteiger partial charge in [-0.05, 0) is 24.5 Å². The van der Waals surface area contributed by atoms with Crippen LogP contribution in [-0.2, 0) is 11.0 Å². The van der Waals surface area contributed by atoms with Gasteiger partial charge in [-0.15, -0.1) is 0 Å². The standard InChI is InChI=1S/C15H25O2P.Nd/c1-2-3-4-5-6-7-8-11-14-12-9-10-13-15(14)17-18-16;/h9-10,12-13H,2-8,11,18H2,1H3;. The molecule has 0 saturated heterocycles. The first-order valence-electron chi connectivity index (χ1n) is 7.06. The topological polar surface area (TPSA) is 26.3 Å². The second-order valence-corrected chi connectivity index (χ2v) is 5.12. The molecule has 1 aromatic rings. The average Bonchev–Trinajstić information content (AvgIpc) is 2.40. The van der Waals surface area contributed by atoms with Crippen LogP contribution in [-0.4, -0.2) is 0 Å². The normalized spacial score (nSPS) is 10.6. The van der Waals surface area contributed by atoms with Gasteiger partial charge in [0.05, 0.1) is 0 Å². The summed E-state index contributed by atoms with van der Waals surface area (Å²) in [7, 11) is -1.16. The third-order valence-electron chi connectivity index (χ3n) is 3.20. The van der Waals surface area contributed by atoms with Crippen molar-refractivity contribution in [3.05, 3.63) is 29.8 Å². The summed E-state index contributed by atoms with van der Waals surface area (Å²) in [4.78, 5) is 0. The van der Waals surface area contributed by atoms with Gasteiger partial charge in [0.1, 0.15) is 5.75 Å². The molecule has 2 nitrogen and oxygen atoms in total. The predicted molar refractivity (Wildman–Crippen MR) is 79.2 cm³/mol. The van der Waals surface area contributed by atoms with E-state index < -0.39 is 8.69 Å². The van der Waals surface area contributed by atoms with Gasteiger partial charge in [-0.3, -0.25) is 4.57 Å². The van der Waals surface area contributed by atoms with Gasteiger partial charge in [0.2, 0.25) is 8.69 Å². The molecule has 0 aliphatic rings. The van der Waals surface area contributed by atoms with Crippen molar-refractivity contribution in [2.75, 3.05) is 0 Å². The minimum absolute atomic E-state index is 0. The van der Waals surface area contributed by atoms with Gasteiger partial charge >= 0.3 is 0 Å². The quantitative estimate of drug-likeness (QED) is 0.398. The zero-order valence-electron chi connectivity index (χ0n) is 11.9. The van der Waals surface area contributed by atoms with E-state index in [1.54, 1.807) is 0 Å². The van der Waals surface area contributed by atoms with Gasteiger partial charge in [0.25, 0.3) is 0 Å². The third-order valence-corrected chi connectivity index (χ3v) is 3.55. The minimum Gasteiger partial charge on any atom is -0.447 e. The van der Waals surface area contributed by atoms with Crippen molar-refractivity contribution in [2.45, 2.75) is 58.3 Å². The molecule has 0 spiro atoms. The van der Waals surface area contributed by atoms with Crippen molar-refractivity contribution in [1.82, 2.24) is 0 Å². The molecule has 4 heteroatoms. The van der Waals surface area contributed by atoms with E-state index in [2.05, 4.69) is 13.0 Å². The molecular formula is C15H25NdO2P. The Morgan fingerprint density at radius 3 is 2.32 bits per heavy atom. The first-order chi connectivity index (χ1) is 8.88. The second kappa shape index (κ2) is 13.6. The fourth-order valence-corrected chi connectivity index (χ4v) is 2.48. The van der Waals surface area contributed by atoms with Gasteiger partial charge in [0, 0.05) is 40.8 Å². The van der Waals surface area contributed by atoms with Gasteiger partial charge < -0.3 is 4.52 Å². The van der Waals surface area contributed by atoms with E-state index in [0.717, 1.165) is 12.2 Å². The van der Waals surface area contributed by atoms with Crippen LogP contribution in [0.4, 0.5) is 0 Å². The maximum absolute atomic E-state index is 10.6. The van der Waals surface area contributed by atoms with Crippen LogP contribution in [0.3, 0.4) is 0 Å². The van der Waals surface area contributed by atoms with E-state index >= 15 is 0 Å². The Morgan fingerprint density at radius 1 is 1.00 bits per heavy atom. The van der Waals surface area contributed by atoms with E-state index in [4.69, 9.17) is 4.52 Å². The fraction of sp³-hybridized carbons (Fsp3) is 0.600. The molecule has 19 heavy (non-hydrogen) atoms. The molecule has 0 N–H and O–H groups in total. The van der Waals surface area contributed by atoms with Crippen molar-refractivity contribution in [3.8, 4) is 5.75 Å². The molecule has 0 bridgehead atoms. The van der Waals surface area contributed by atoms with Crippen LogP contribution >= 0.6 is 8.69 Å². The molecule has 0 amide bonds. The van der Waals surface area contributed by atoms with Crippen LogP contribution in [0.5, 0.6) is 5.75 Å². The SMILES string of the molecule is CCCCCCCCCc1ccccc1O[PH2]=O.[Nd]. The predicted octanol–water partition coefficient (Wildman–Crippen LogP) is 5.03. The van der Waals surface area contributed by atoms with Crippen LogP contribution in [0, 0.1) is 40.8 Å². The van der Waals surface area contributed by atoms with Crippen molar-refractivity contribution >= 4 is 8.69 Å². The van der Waals surface area contributed by atoms with Crippen LogP contribution in [0.2, 0.25) is 0 Å². The Hall–Kier alpha value is 0.601. The van der Waals surface area contributed by atoms with Crippen molar-refractivity contribution < 1.29 is 49.9 Å². The Morgan fingerprint density at radius 2 is 1.63 bits per heavy atom. The number of unbranched alkanes of at least 4 members (excludes halogenated alkanes) is 6. The van der Waals surface area contributed by atoms with Crippen molar-refractivity contribution in [1.29, 1.82) is 0 Å². The molecule has 0 heterocycles. The van der Waals surface area contributed by atoms with Gasteiger partial charge in [-0.2, -0.15) is 0 Å². The summed E-state index contributed by atoms with van der Waals surface area (Å²) in [5, 5.41) is 0. The summed E-state index contributed by atoms with van der Waals surface area (Å²) in [6.45, 7) is 2.24. The van der Waals surface area contributed by atoms with Gasteiger partial charge in [-0.1, -0.05) is 63.6 Å². The van der Waals surface area contributed by atoms with Gasteiger partial charge in [-0.25, -0.2) is 0 Å². The van der Waals surface area contributed by atoms with Crippen LogP contribution in [0.15, 0.2) is 24.3 Å². The molecule has 1 rings (SSSR count). The van der Waals surface area contributed by atoms with E-state index in [9.17, 15) is 4.57 Å². The molecule has 0 aliphatic carbocycles. The van der Waals surface area contributed by atoms with Crippen LogP contribution < -0.4 is 4.52 Å². The zero-order chi connectivity index (χ0) is 13.1. The summed E-state index contributed by atoms with van der Waals surface area (Å²) in [5.41, 5.74) is 1.19. The van der Waals surface area contributed by atoms with E-state index in [0.29, 0.717) is 0 Å². The first-order valence-corrected chi connectivity index (χ1v) is 8.01. The molecule has 0 radical (unpaired) electrons. The Kier molecular flexibility index (Phi) is 14.0. The third kappa shape index (κ3) is 9.20. The fourth-order valence-electron chi connectivity index (χ4n) is 2.15. The van der Waals surface area contributed by atoms with E-state index in [1.807, 2.05) is 18.2 Å². The molecule has 0 aliphatic heterocycles. The molecule has 106 valence electrons. The van der Waals surface area contributed by atoms with E-state index in [-0.39, 0.29) is 40.8 Å². The summed E-state index contributed by atoms with van der Waals surface area (Å²) < 4.78 is 15.8. The molecule has 1 aromatic carbocycles. The Labute approximate surface area is 151 Å². The number of benzene rings is 1. The number of hydrogen-bond donors (Lipinski definition) is 0. The van der Waals surface area contributed by atoms with Crippen LogP contribution in [0.1, 0.15) is 57.4 Å². The molecule has 0 fully saturated rings. The molecule has 0 saturated carbocycles. The Bertz CT molecular complexity index is 345. The minimum atomic E-state index is -1.16. The largest absolute Gasteiger partial charge is 0.447 e. The van der Waals surface area contributed by atoms with Crippen molar-refractivity contribution in [3.63, 3.8) is 0 Å². The second-order valence-electron chi connectivity index (χ2n) is 4.69. The molecular weight excluding hydrogens is 387 g/mol. The number of para-hydroxylation sites is 1. The summed E-state index contributed by atoms with van der Waals surface area (Å²) in [5.74, 6) is 0.800. The van der Waals surface area contributed by atoms with E-state index in [1.165, 1.54) is 50.5 Å². The average molecular weight is 413 g/mol. The maximum atomic E-state index is 10.6. The zero-order valence-corrected chi connectivity index (χ0v) is 16.2. The molecule has 0 aromatic heterocycles. The summed E-state index contributed by atoms with van der Waals surface area (Å²) in [6.07, 6.45) is 10.2. The summed E-state index contributed by atoms with van der Waals surface area (Å²) >= 11 is 0. The monoisotopic (exact) mass is 410 g/mol. The maximum Gasteiger partial charge on any atom is 0.225 e. The number of hydrogen-bond acceptors (Lipinski definition) is 2. The number of aryl methyl sites for hydroxylation is 1. The molecule has 1 atom stereocenters.